The molecule has 0 aliphatic heterocycles. The second-order valence-electron chi connectivity index (χ2n) is 7.52. The minimum Gasteiger partial charge on any atom is -0.508 e. The molecule has 0 heterocycles. The first-order chi connectivity index (χ1) is 16.9. The Morgan fingerprint density at radius 3 is 2.14 bits per heavy atom. The Labute approximate surface area is 202 Å². The molecule has 8 heteroatoms. The van der Waals surface area contributed by atoms with E-state index in [4.69, 9.17) is 14.6 Å². The van der Waals surface area contributed by atoms with E-state index in [-0.39, 0.29) is 5.75 Å². The lowest BCUT2D eigenvalue weighted by Crippen LogP contribution is -2.36. The molecule has 2 atom stereocenters. The van der Waals surface area contributed by atoms with Gasteiger partial charge in [0, 0.05) is 11.6 Å². The summed E-state index contributed by atoms with van der Waals surface area (Å²) in [4.78, 5) is 36.0. The second kappa shape index (κ2) is 12.6. The largest absolute Gasteiger partial charge is 0.508 e. The molecule has 0 saturated carbocycles. The number of para-hydroxylation sites is 1. The zero-order valence-corrected chi connectivity index (χ0v) is 18.7. The Morgan fingerprint density at radius 1 is 0.886 bits per heavy atom. The number of aromatic hydroxyl groups is 1. The normalized spacial score (nSPS) is 12.5. The Balaban J connectivity index is 1.85. The molecule has 3 aromatic rings. The van der Waals surface area contributed by atoms with Gasteiger partial charge in [-0.25, -0.2) is 9.59 Å². The number of carboxylic acid groups (broad SMARTS) is 1. The summed E-state index contributed by atoms with van der Waals surface area (Å²) >= 11 is 0. The van der Waals surface area contributed by atoms with Crippen LogP contribution in [-0.2, 0) is 9.53 Å². The topological polar surface area (TPSA) is 122 Å². The molecule has 0 unspecified atom stereocenters. The van der Waals surface area contributed by atoms with Gasteiger partial charge in [0.1, 0.15) is 17.6 Å². The number of nitrogens with one attached hydrogen (secondary N) is 1. The maximum Gasteiger partial charge on any atom is 0.414 e. The molecule has 2 amide bonds. The van der Waals surface area contributed by atoms with Crippen molar-refractivity contribution in [2.24, 2.45) is 0 Å². The number of ether oxygens (including phenoxy) is 2. The predicted octanol–water partition coefficient (Wildman–Crippen LogP) is 4.87. The van der Waals surface area contributed by atoms with Crippen molar-refractivity contribution in [2.75, 3.05) is 0 Å². The van der Waals surface area contributed by atoms with E-state index in [1.807, 2.05) is 6.07 Å². The van der Waals surface area contributed by atoms with E-state index in [1.54, 1.807) is 66.7 Å². The van der Waals surface area contributed by atoms with Gasteiger partial charge in [-0.2, -0.15) is 0 Å². The number of carbonyl (C=O) groups is 3. The number of carboxylic acids is 1. The Kier molecular flexibility index (Phi) is 9.01. The van der Waals surface area contributed by atoms with Crippen molar-refractivity contribution >= 4 is 18.0 Å². The number of hydrogen-bond donors (Lipinski definition) is 3. The summed E-state index contributed by atoms with van der Waals surface area (Å²) in [6, 6.07) is 23.2. The summed E-state index contributed by atoms with van der Waals surface area (Å²) in [7, 11) is 0. The van der Waals surface area contributed by atoms with Crippen LogP contribution in [0.25, 0.3) is 0 Å². The third-order valence-corrected chi connectivity index (χ3v) is 4.95. The van der Waals surface area contributed by atoms with Crippen LogP contribution in [0.2, 0.25) is 0 Å². The lowest BCUT2D eigenvalue weighted by molar-refractivity contribution is -0.131. The summed E-state index contributed by atoms with van der Waals surface area (Å²) in [5.41, 5.74) is 0.815. The molecule has 0 spiro atoms. The minimum atomic E-state index is -1.07. The second-order valence-corrected chi connectivity index (χ2v) is 7.52. The highest BCUT2D eigenvalue weighted by Gasteiger charge is 2.29. The quantitative estimate of drug-likeness (QED) is 0.358. The van der Waals surface area contributed by atoms with Crippen LogP contribution in [0.4, 0.5) is 4.79 Å². The van der Waals surface area contributed by atoms with Crippen molar-refractivity contribution in [3.05, 3.63) is 108 Å². The summed E-state index contributed by atoms with van der Waals surface area (Å²) in [6.45, 7) is 0. The molecule has 0 aliphatic rings. The molecule has 35 heavy (non-hydrogen) atoms. The average molecular weight is 475 g/mol. The number of aliphatic carboxylic acids is 1. The number of phenols is 1. The van der Waals surface area contributed by atoms with Gasteiger partial charge in [0.2, 0.25) is 0 Å². The SMILES string of the molecule is O=C(O)/C=C/CC[C@@H](Oc1ccccc1)[C@H](OC(=O)NC(=O)c1ccccc1)c1ccc(O)cc1. The highest BCUT2D eigenvalue weighted by atomic mass is 16.6. The van der Waals surface area contributed by atoms with Gasteiger partial charge in [-0.1, -0.05) is 54.6 Å². The number of hydrogen-bond acceptors (Lipinski definition) is 6. The lowest BCUT2D eigenvalue weighted by atomic mass is 10.00. The summed E-state index contributed by atoms with van der Waals surface area (Å²) in [5, 5.41) is 20.8. The van der Waals surface area contributed by atoms with Crippen LogP contribution in [0, 0.1) is 0 Å². The Hall–Kier alpha value is -4.59. The fourth-order valence-electron chi connectivity index (χ4n) is 3.31. The fraction of sp³-hybridized carbons (Fsp3) is 0.148. The molecule has 180 valence electrons. The van der Waals surface area contributed by atoms with Crippen molar-refractivity contribution in [1.29, 1.82) is 0 Å². The zero-order valence-electron chi connectivity index (χ0n) is 18.7. The van der Waals surface area contributed by atoms with Crippen molar-refractivity contribution in [3.63, 3.8) is 0 Å². The average Bonchev–Trinajstić information content (AvgIpc) is 2.86. The Bertz CT molecular complexity index is 1150. The van der Waals surface area contributed by atoms with Gasteiger partial charge in [0.05, 0.1) is 0 Å². The standard InChI is InChI=1S/C27H25NO7/c29-21-17-15-19(16-18-21)25(35-27(33)28-26(32)20-9-3-1-4-10-20)23(13-7-8-14-24(30)31)34-22-11-5-2-6-12-22/h1-6,8-12,14-18,23,25,29H,7,13H2,(H,30,31)(H,28,32,33)/b14-8+/t23-,25-/m1/s1. The third-order valence-electron chi connectivity index (χ3n) is 4.95. The number of imide groups is 1. The third kappa shape index (κ3) is 8.04. The molecule has 0 aromatic heterocycles. The number of amides is 2. The van der Waals surface area contributed by atoms with Gasteiger partial charge in [-0.3, -0.25) is 10.1 Å². The van der Waals surface area contributed by atoms with Crippen molar-refractivity contribution in [1.82, 2.24) is 5.32 Å². The first kappa shape index (κ1) is 25.0. The molecular formula is C27H25NO7. The number of phenolic OH excluding ortho intramolecular Hbond substituents is 1. The molecule has 3 rings (SSSR count). The van der Waals surface area contributed by atoms with E-state index >= 15 is 0 Å². The number of carbonyl (C=O) groups excluding carboxylic acids is 2. The molecule has 3 aromatic carbocycles. The highest BCUT2D eigenvalue weighted by Crippen LogP contribution is 2.30. The fourth-order valence-corrected chi connectivity index (χ4v) is 3.31. The summed E-state index contributed by atoms with van der Waals surface area (Å²) in [5.74, 6) is -1.14. The highest BCUT2D eigenvalue weighted by molar-refractivity contribution is 6.02. The van der Waals surface area contributed by atoms with Crippen LogP contribution in [0.1, 0.15) is 34.9 Å². The molecule has 0 aliphatic carbocycles. The van der Waals surface area contributed by atoms with E-state index in [1.165, 1.54) is 18.2 Å². The minimum absolute atomic E-state index is 0.0288. The number of allylic oxidation sites excluding steroid dienone is 1. The molecule has 0 saturated heterocycles. The van der Waals surface area contributed by atoms with E-state index in [2.05, 4.69) is 5.32 Å². The molecule has 0 bridgehead atoms. The van der Waals surface area contributed by atoms with Crippen LogP contribution < -0.4 is 10.1 Å². The number of benzene rings is 3. The van der Waals surface area contributed by atoms with Gasteiger partial charge in [0.15, 0.2) is 6.10 Å². The zero-order chi connectivity index (χ0) is 25.0. The van der Waals surface area contributed by atoms with Crippen LogP contribution in [-0.4, -0.2) is 34.3 Å². The van der Waals surface area contributed by atoms with E-state index in [0.29, 0.717) is 29.7 Å². The number of rotatable bonds is 10. The van der Waals surface area contributed by atoms with E-state index < -0.39 is 30.2 Å². The van der Waals surface area contributed by atoms with Gasteiger partial charge in [0.25, 0.3) is 5.91 Å². The molecule has 8 nitrogen and oxygen atoms in total. The van der Waals surface area contributed by atoms with Crippen LogP contribution in [0.3, 0.4) is 0 Å². The van der Waals surface area contributed by atoms with Crippen molar-refractivity contribution in [2.45, 2.75) is 25.0 Å². The predicted molar refractivity (Wildman–Crippen MR) is 128 cm³/mol. The Morgan fingerprint density at radius 2 is 1.51 bits per heavy atom. The molecule has 3 N–H and O–H groups in total. The van der Waals surface area contributed by atoms with Gasteiger partial charge in [-0.15, -0.1) is 0 Å². The van der Waals surface area contributed by atoms with Gasteiger partial charge >= 0.3 is 12.1 Å². The van der Waals surface area contributed by atoms with Crippen LogP contribution in [0.5, 0.6) is 11.5 Å². The number of alkyl carbamates (subject to hydrolysis) is 1. The maximum absolute atomic E-state index is 12.7. The lowest BCUT2D eigenvalue weighted by Gasteiger charge is -2.28. The first-order valence-electron chi connectivity index (χ1n) is 10.9. The van der Waals surface area contributed by atoms with E-state index in [0.717, 1.165) is 6.08 Å². The van der Waals surface area contributed by atoms with E-state index in [9.17, 15) is 19.5 Å². The van der Waals surface area contributed by atoms with Crippen molar-refractivity contribution < 1.29 is 34.1 Å². The first-order valence-corrected chi connectivity index (χ1v) is 10.9. The smallest absolute Gasteiger partial charge is 0.414 e. The molecule has 0 fully saturated rings. The molecule has 0 radical (unpaired) electrons. The summed E-state index contributed by atoms with van der Waals surface area (Å²) in [6.07, 6.45) is 0.448. The van der Waals surface area contributed by atoms with Crippen LogP contribution in [0.15, 0.2) is 97.1 Å². The monoisotopic (exact) mass is 475 g/mol. The van der Waals surface area contributed by atoms with Crippen LogP contribution >= 0.6 is 0 Å². The molecular weight excluding hydrogens is 450 g/mol. The summed E-state index contributed by atoms with van der Waals surface area (Å²) < 4.78 is 11.8. The maximum atomic E-state index is 12.7. The van der Waals surface area contributed by atoms with Gasteiger partial charge in [-0.05, 0) is 54.8 Å². The van der Waals surface area contributed by atoms with Crippen molar-refractivity contribution in [3.8, 4) is 11.5 Å². The van der Waals surface area contributed by atoms with Gasteiger partial charge < -0.3 is 19.7 Å².